The van der Waals surface area contributed by atoms with Gasteiger partial charge in [0.1, 0.15) is 0 Å². The molecule has 60 valence electrons. The van der Waals surface area contributed by atoms with Crippen molar-refractivity contribution >= 4 is 22.6 Å². The van der Waals surface area contributed by atoms with Crippen molar-refractivity contribution in [2.75, 3.05) is 4.43 Å². The van der Waals surface area contributed by atoms with Crippen LogP contribution in [0.15, 0.2) is 0 Å². The summed E-state index contributed by atoms with van der Waals surface area (Å²) in [5.41, 5.74) is 6.42. The van der Waals surface area contributed by atoms with E-state index >= 15 is 0 Å². The molecule has 0 radical (unpaired) electrons. The van der Waals surface area contributed by atoms with Gasteiger partial charge in [-0.05, 0) is 31.1 Å². The van der Waals surface area contributed by atoms with Crippen LogP contribution in [0.1, 0.15) is 32.6 Å². The second kappa shape index (κ2) is 3.39. The fourth-order valence-electron chi connectivity index (χ4n) is 1.47. The Bertz CT molecular complexity index is 106. The zero-order chi connectivity index (χ0) is 7.61. The van der Waals surface area contributed by atoms with E-state index in [0.29, 0.717) is 11.5 Å². The normalized spacial score (nSPS) is 41.7. The lowest BCUT2D eigenvalue weighted by molar-refractivity contribution is 0.235. The summed E-state index contributed by atoms with van der Waals surface area (Å²) in [5.74, 6) is 0. The number of rotatable bonds is 1. The quantitative estimate of drug-likeness (QED) is 0.563. The standard InChI is InChI=1S/C8H16IN/c1-8(6-9)4-2-7(10)3-5-8/h7H,2-6,10H2,1H3. The molecule has 0 heterocycles. The lowest BCUT2D eigenvalue weighted by Gasteiger charge is -2.34. The van der Waals surface area contributed by atoms with Crippen LogP contribution in [-0.4, -0.2) is 10.5 Å². The molecule has 0 aromatic rings. The van der Waals surface area contributed by atoms with E-state index in [2.05, 4.69) is 29.5 Å². The molecule has 1 nitrogen and oxygen atoms in total. The number of halogens is 1. The minimum atomic E-state index is 0.496. The fraction of sp³-hybridized carbons (Fsp3) is 1.00. The number of hydrogen-bond donors (Lipinski definition) is 1. The first kappa shape index (κ1) is 8.78. The van der Waals surface area contributed by atoms with Crippen molar-refractivity contribution in [1.82, 2.24) is 0 Å². The van der Waals surface area contributed by atoms with Gasteiger partial charge in [-0.15, -0.1) is 0 Å². The van der Waals surface area contributed by atoms with Crippen LogP contribution < -0.4 is 5.73 Å². The monoisotopic (exact) mass is 253 g/mol. The Morgan fingerprint density at radius 1 is 1.50 bits per heavy atom. The van der Waals surface area contributed by atoms with E-state index in [9.17, 15) is 0 Å². The van der Waals surface area contributed by atoms with Crippen molar-refractivity contribution in [2.24, 2.45) is 11.1 Å². The van der Waals surface area contributed by atoms with Crippen LogP contribution in [0, 0.1) is 5.41 Å². The second-order valence-corrected chi connectivity index (χ2v) is 4.54. The first-order valence-corrected chi connectivity index (χ1v) is 5.50. The summed E-state index contributed by atoms with van der Waals surface area (Å²) in [6, 6.07) is 0.496. The van der Waals surface area contributed by atoms with Gasteiger partial charge in [-0.25, -0.2) is 0 Å². The van der Waals surface area contributed by atoms with Crippen molar-refractivity contribution in [3.8, 4) is 0 Å². The third kappa shape index (κ3) is 2.09. The van der Waals surface area contributed by atoms with Gasteiger partial charge in [-0.2, -0.15) is 0 Å². The molecule has 0 atom stereocenters. The van der Waals surface area contributed by atoms with Crippen LogP contribution >= 0.6 is 22.6 Å². The molecular weight excluding hydrogens is 237 g/mol. The Morgan fingerprint density at radius 2 is 2.00 bits per heavy atom. The van der Waals surface area contributed by atoms with Gasteiger partial charge >= 0.3 is 0 Å². The molecule has 0 aromatic carbocycles. The smallest absolute Gasteiger partial charge is 0.00493 e. The molecule has 2 N–H and O–H groups in total. The molecule has 0 aromatic heterocycles. The van der Waals surface area contributed by atoms with Gasteiger partial charge in [-0.3, -0.25) is 0 Å². The molecule has 0 aliphatic heterocycles. The molecule has 0 amide bonds. The van der Waals surface area contributed by atoms with E-state index < -0.39 is 0 Å². The predicted octanol–water partition coefficient (Wildman–Crippen LogP) is 2.33. The van der Waals surface area contributed by atoms with Gasteiger partial charge in [0.25, 0.3) is 0 Å². The van der Waals surface area contributed by atoms with E-state index in [-0.39, 0.29) is 0 Å². The maximum atomic E-state index is 5.81. The van der Waals surface area contributed by atoms with E-state index in [1.807, 2.05) is 0 Å². The minimum absolute atomic E-state index is 0.496. The summed E-state index contributed by atoms with van der Waals surface area (Å²) >= 11 is 2.49. The zero-order valence-electron chi connectivity index (χ0n) is 6.57. The second-order valence-electron chi connectivity index (χ2n) is 3.78. The van der Waals surface area contributed by atoms with Gasteiger partial charge in [0.05, 0.1) is 0 Å². The lowest BCUT2D eigenvalue weighted by atomic mass is 9.76. The molecule has 0 saturated heterocycles. The van der Waals surface area contributed by atoms with Crippen LogP contribution in [0.25, 0.3) is 0 Å². The van der Waals surface area contributed by atoms with E-state index in [1.165, 1.54) is 30.1 Å². The van der Waals surface area contributed by atoms with Crippen molar-refractivity contribution in [2.45, 2.75) is 38.6 Å². The molecule has 1 rings (SSSR count). The van der Waals surface area contributed by atoms with Crippen molar-refractivity contribution in [1.29, 1.82) is 0 Å². The maximum Gasteiger partial charge on any atom is 0.00493 e. The fourth-order valence-corrected chi connectivity index (χ4v) is 2.23. The summed E-state index contributed by atoms with van der Waals surface area (Å²) in [7, 11) is 0. The molecule has 0 bridgehead atoms. The van der Waals surface area contributed by atoms with Crippen molar-refractivity contribution < 1.29 is 0 Å². The van der Waals surface area contributed by atoms with E-state index in [1.54, 1.807) is 0 Å². The summed E-state index contributed by atoms with van der Waals surface area (Å²) < 4.78 is 1.29. The third-order valence-corrected chi connectivity index (χ3v) is 4.40. The molecule has 0 spiro atoms. The summed E-state index contributed by atoms with van der Waals surface area (Å²) in [5, 5.41) is 0. The Labute approximate surface area is 76.9 Å². The van der Waals surface area contributed by atoms with E-state index in [0.717, 1.165) is 0 Å². The molecule has 10 heavy (non-hydrogen) atoms. The first-order valence-electron chi connectivity index (χ1n) is 3.98. The summed E-state index contributed by atoms with van der Waals surface area (Å²) in [6.07, 6.45) is 5.13. The van der Waals surface area contributed by atoms with Crippen LogP contribution in [-0.2, 0) is 0 Å². The Kier molecular flexibility index (Phi) is 2.98. The molecule has 1 saturated carbocycles. The topological polar surface area (TPSA) is 26.0 Å². The Balaban J connectivity index is 2.38. The van der Waals surface area contributed by atoms with Crippen LogP contribution in [0.4, 0.5) is 0 Å². The highest BCUT2D eigenvalue weighted by molar-refractivity contribution is 14.1. The van der Waals surface area contributed by atoms with Gasteiger partial charge < -0.3 is 5.73 Å². The molecule has 1 aliphatic rings. The Morgan fingerprint density at radius 3 is 2.40 bits per heavy atom. The van der Waals surface area contributed by atoms with Crippen molar-refractivity contribution in [3.63, 3.8) is 0 Å². The van der Waals surface area contributed by atoms with Gasteiger partial charge in [0.2, 0.25) is 0 Å². The highest BCUT2D eigenvalue weighted by Gasteiger charge is 2.28. The molecule has 1 aliphatic carbocycles. The van der Waals surface area contributed by atoms with Crippen LogP contribution in [0.2, 0.25) is 0 Å². The largest absolute Gasteiger partial charge is 0.328 e. The average Bonchev–Trinajstić information content (AvgIpc) is 1.96. The minimum Gasteiger partial charge on any atom is -0.328 e. The zero-order valence-corrected chi connectivity index (χ0v) is 8.73. The van der Waals surface area contributed by atoms with Crippen LogP contribution in [0.5, 0.6) is 0 Å². The number of alkyl halides is 1. The summed E-state index contributed by atoms with van der Waals surface area (Å²) in [6.45, 7) is 2.38. The van der Waals surface area contributed by atoms with Gasteiger partial charge in [0.15, 0.2) is 0 Å². The molecule has 2 heteroatoms. The lowest BCUT2D eigenvalue weighted by Crippen LogP contribution is -2.32. The average molecular weight is 253 g/mol. The predicted molar refractivity (Wildman–Crippen MR) is 53.4 cm³/mol. The van der Waals surface area contributed by atoms with E-state index in [4.69, 9.17) is 5.73 Å². The SMILES string of the molecule is CC1(CI)CCC(N)CC1. The first-order chi connectivity index (χ1) is 4.66. The number of hydrogen-bond acceptors (Lipinski definition) is 1. The molecule has 0 unspecified atom stereocenters. The molecule has 1 fully saturated rings. The highest BCUT2D eigenvalue weighted by atomic mass is 127. The Hall–Kier alpha value is 0.690. The highest BCUT2D eigenvalue weighted by Crippen LogP contribution is 2.36. The molecular formula is C8H16IN. The van der Waals surface area contributed by atoms with Crippen LogP contribution in [0.3, 0.4) is 0 Å². The third-order valence-electron chi connectivity index (χ3n) is 2.56. The number of nitrogens with two attached hydrogens (primary N) is 1. The summed E-state index contributed by atoms with van der Waals surface area (Å²) in [4.78, 5) is 0. The maximum absolute atomic E-state index is 5.81. The van der Waals surface area contributed by atoms with Gasteiger partial charge in [-0.1, -0.05) is 29.5 Å². The van der Waals surface area contributed by atoms with Gasteiger partial charge in [0, 0.05) is 10.5 Å². The van der Waals surface area contributed by atoms with Crippen molar-refractivity contribution in [3.05, 3.63) is 0 Å².